The summed E-state index contributed by atoms with van der Waals surface area (Å²) in [5.74, 6) is -0.833. The third-order valence-electron chi connectivity index (χ3n) is 0. The molecule has 0 heterocycles. The Bertz CT molecular complexity index is 40.0. The summed E-state index contributed by atoms with van der Waals surface area (Å²) < 4.78 is 0. The molecule has 0 aromatic rings. The molecule has 0 aromatic heterocycles. The molecule has 0 saturated heterocycles. The summed E-state index contributed by atoms with van der Waals surface area (Å²) in [5, 5.41) is 14.4. The molecule has 0 atom stereocenters. The van der Waals surface area contributed by atoms with Crippen LogP contribution in [-0.2, 0) is 4.79 Å². The average Bonchev–Trinajstić information content (AvgIpc) is 1.41. The van der Waals surface area contributed by atoms with Crippen LogP contribution >= 0.6 is 0 Å². The van der Waals surface area contributed by atoms with Crippen LogP contribution in [0.3, 0.4) is 0 Å². The van der Waals surface area contributed by atoms with Crippen LogP contribution in [0, 0.1) is 0 Å². The maximum Gasteiger partial charge on any atom is 2.00 e. The quantitative estimate of drug-likeness (QED) is 0.423. The number of carboxylic acids is 1. The van der Waals surface area contributed by atoms with Crippen LogP contribution in [0.25, 0.3) is 0 Å². The SMILES string of the molecule is CC(=O)O.CO.[H-].[H-].[Mg+2]. The molecule has 0 rings (SSSR count). The normalized spacial score (nSPS) is 4.43. The second-order valence-electron chi connectivity index (χ2n) is 0.519. The molecule has 0 bridgehead atoms. The Morgan fingerprint density at radius 3 is 1.57 bits per heavy atom. The monoisotopic (exact) mass is 118 g/mol. The smallest absolute Gasteiger partial charge is 1.00 e. The van der Waals surface area contributed by atoms with Crippen LogP contribution in [0.4, 0.5) is 0 Å². The summed E-state index contributed by atoms with van der Waals surface area (Å²) in [5.41, 5.74) is 0. The molecule has 0 unspecified atom stereocenters. The Morgan fingerprint density at radius 2 is 1.57 bits per heavy atom. The Morgan fingerprint density at radius 1 is 1.57 bits per heavy atom. The van der Waals surface area contributed by atoms with Crippen molar-refractivity contribution in [2.75, 3.05) is 7.11 Å². The largest absolute Gasteiger partial charge is 2.00 e. The fraction of sp³-hybridized carbons (Fsp3) is 0.667. The van der Waals surface area contributed by atoms with Gasteiger partial charge in [0.25, 0.3) is 5.97 Å². The van der Waals surface area contributed by atoms with Gasteiger partial charge in [-0.25, -0.2) is 0 Å². The number of aliphatic hydroxyl groups excluding tert-OH is 1. The molecule has 2 N–H and O–H groups in total. The minimum Gasteiger partial charge on any atom is -1.00 e. The molecule has 42 valence electrons. The van der Waals surface area contributed by atoms with E-state index in [4.69, 9.17) is 15.0 Å². The summed E-state index contributed by atoms with van der Waals surface area (Å²) in [6.07, 6.45) is 0. The summed E-state index contributed by atoms with van der Waals surface area (Å²) in [6.45, 7) is 1.08. The molecule has 0 aliphatic carbocycles. The second-order valence-corrected chi connectivity index (χ2v) is 0.519. The van der Waals surface area contributed by atoms with Crippen molar-refractivity contribution >= 4 is 29.0 Å². The summed E-state index contributed by atoms with van der Waals surface area (Å²) in [4.78, 5) is 9.00. The van der Waals surface area contributed by atoms with E-state index in [9.17, 15) is 0 Å². The van der Waals surface area contributed by atoms with Gasteiger partial charge in [0.2, 0.25) is 0 Å². The predicted molar refractivity (Wildman–Crippen MR) is 29.4 cm³/mol. The van der Waals surface area contributed by atoms with E-state index < -0.39 is 5.97 Å². The van der Waals surface area contributed by atoms with Crippen molar-refractivity contribution in [3.8, 4) is 0 Å². The molecule has 0 aliphatic heterocycles. The number of rotatable bonds is 0. The fourth-order valence-electron chi connectivity index (χ4n) is 0. The summed E-state index contributed by atoms with van der Waals surface area (Å²) in [7, 11) is 1.00. The van der Waals surface area contributed by atoms with E-state index in [-0.39, 0.29) is 25.9 Å². The maximum absolute atomic E-state index is 9.00. The van der Waals surface area contributed by atoms with Gasteiger partial charge < -0.3 is 13.1 Å². The van der Waals surface area contributed by atoms with E-state index in [0.29, 0.717) is 0 Å². The fourth-order valence-corrected chi connectivity index (χ4v) is 0. The van der Waals surface area contributed by atoms with Gasteiger partial charge in [-0.3, -0.25) is 4.79 Å². The van der Waals surface area contributed by atoms with E-state index in [2.05, 4.69) is 0 Å². The van der Waals surface area contributed by atoms with Crippen molar-refractivity contribution < 1.29 is 17.9 Å². The Balaban J connectivity index is -0.00000000990. The van der Waals surface area contributed by atoms with E-state index in [1.165, 1.54) is 0 Å². The number of aliphatic hydroxyl groups is 1. The van der Waals surface area contributed by atoms with Gasteiger partial charge in [0.05, 0.1) is 0 Å². The Hall–Kier alpha value is 0.196. The van der Waals surface area contributed by atoms with Crippen LogP contribution in [0.1, 0.15) is 9.78 Å². The van der Waals surface area contributed by atoms with Crippen LogP contribution in [0.2, 0.25) is 0 Å². The molecule has 0 aromatic carbocycles. The van der Waals surface area contributed by atoms with Crippen molar-refractivity contribution in [1.29, 1.82) is 0 Å². The molecule has 0 saturated carbocycles. The number of hydrogen-bond acceptors (Lipinski definition) is 2. The van der Waals surface area contributed by atoms with Crippen LogP contribution in [-0.4, -0.2) is 46.3 Å². The Kier molecular flexibility index (Phi) is 36.7. The number of aliphatic carboxylic acids is 1. The Labute approximate surface area is 61.5 Å². The predicted octanol–water partition coefficient (Wildman–Crippen LogP) is -0.456. The van der Waals surface area contributed by atoms with E-state index in [1.54, 1.807) is 0 Å². The van der Waals surface area contributed by atoms with Gasteiger partial charge in [-0.05, 0) is 0 Å². The van der Waals surface area contributed by atoms with Gasteiger partial charge in [0.1, 0.15) is 0 Å². The number of hydrogen-bond donors (Lipinski definition) is 2. The van der Waals surface area contributed by atoms with Gasteiger partial charge in [-0.1, -0.05) is 0 Å². The first-order valence-electron chi connectivity index (χ1n) is 1.37. The van der Waals surface area contributed by atoms with Crippen molar-refractivity contribution in [1.82, 2.24) is 0 Å². The zero-order valence-corrected chi connectivity index (χ0v) is 5.92. The summed E-state index contributed by atoms with van der Waals surface area (Å²) >= 11 is 0. The first-order chi connectivity index (χ1) is 2.73. The van der Waals surface area contributed by atoms with Gasteiger partial charge >= 0.3 is 23.1 Å². The van der Waals surface area contributed by atoms with Gasteiger partial charge in [-0.15, -0.1) is 0 Å². The standard InChI is InChI=1S/C2H4O2.CH4O.Mg.2H/c1-2(3)4;1-2;;;/h1H3,(H,3,4);2H,1H3;;;/q;;+2;2*-1. The van der Waals surface area contributed by atoms with Crippen LogP contribution < -0.4 is 0 Å². The number of carboxylic acid groups (broad SMARTS) is 1. The van der Waals surface area contributed by atoms with Gasteiger partial charge in [0, 0.05) is 14.0 Å². The van der Waals surface area contributed by atoms with Crippen LogP contribution in [0.15, 0.2) is 0 Å². The zero-order chi connectivity index (χ0) is 5.58. The topological polar surface area (TPSA) is 57.5 Å². The van der Waals surface area contributed by atoms with E-state index in [1.807, 2.05) is 0 Å². The third kappa shape index (κ3) is 2830. The molecular weight excluding hydrogens is 108 g/mol. The molecule has 0 aliphatic rings. The van der Waals surface area contributed by atoms with Crippen molar-refractivity contribution in [3.05, 3.63) is 0 Å². The van der Waals surface area contributed by atoms with Gasteiger partial charge in [0.15, 0.2) is 0 Å². The average molecular weight is 118 g/mol. The van der Waals surface area contributed by atoms with E-state index >= 15 is 0 Å². The van der Waals surface area contributed by atoms with Gasteiger partial charge in [-0.2, -0.15) is 0 Å². The molecule has 0 spiro atoms. The van der Waals surface area contributed by atoms with Crippen molar-refractivity contribution in [2.24, 2.45) is 0 Å². The molecule has 7 heavy (non-hydrogen) atoms. The zero-order valence-electron chi connectivity index (χ0n) is 6.51. The molecule has 4 heteroatoms. The molecule has 3 nitrogen and oxygen atoms in total. The third-order valence-corrected chi connectivity index (χ3v) is 0. The molecule has 0 radical (unpaired) electrons. The maximum atomic E-state index is 9.00. The van der Waals surface area contributed by atoms with Crippen LogP contribution in [0.5, 0.6) is 0 Å². The summed E-state index contributed by atoms with van der Waals surface area (Å²) in [6, 6.07) is 0. The first-order valence-corrected chi connectivity index (χ1v) is 1.37. The second kappa shape index (κ2) is 16.4. The first kappa shape index (κ1) is 15.7. The van der Waals surface area contributed by atoms with Crippen molar-refractivity contribution in [2.45, 2.75) is 6.92 Å². The van der Waals surface area contributed by atoms with E-state index in [0.717, 1.165) is 14.0 Å². The molecular formula is C3H10MgO3. The minimum absolute atomic E-state index is 0. The molecule has 0 amide bonds. The number of carbonyl (C=O) groups is 1. The minimum atomic E-state index is -0.833. The molecule has 0 fully saturated rings. The van der Waals surface area contributed by atoms with Crippen molar-refractivity contribution in [3.63, 3.8) is 0 Å².